The van der Waals surface area contributed by atoms with Crippen LogP contribution in [0.25, 0.3) is 5.69 Å². The number of hydrogen-bond donors (Lipinski definition) is 1. The summed E-state index contributed by atoms with van der Waals surface area (Å²) in [6.45, 7) is 9.42. The predicted octanol–water partition coefficient (Wildman–Crippen LogP) is 6.03. The Morgan fingerprint density at radius 1 is 0.951 bits per heavy atom. The second-order valence-corrected chi connectivity index (χ2v) is 12.2. The first kappa shape index (κ1) is 29.9. The molecule has 0 atom stereocenters. The number of ether oxygens (including phenoxy) is 1. The summed E-state index contributed by atoms with van der Waals surface area (Å²) in [6, 6.07) is 19.3. The standard InChI is InChI=1S/C31H33ClN4O4S/c1-20-7-10-28(11-8-20)41(38,39)35(29-17-26(32)9-12-30(29)40-6)19-31(37)34-33-18-25-16-23(4)36(24(25)5)27-14-21(2)13-22(3)15-27/h7-18H,19H2,1-6H3,(H,34,37)/b33-18-. The van der Waals surface area contributed by atoms with Crippen LogP contribution < -0.4 is 14.5 Å². The molecule has 0 bridgehead atoms. The Hall–Kier alpha value is -4.08. The minimum atomic E-state index is -4.16. The van der Waals surface area contributed by atoms with Crippen molar-refractivity contribution in [3.63, 3.8) is 0 Å². The van der Waals surface area contributed by atoms with E-state index in [0.717, 1.165) is 43.6 Å². The predicted molar refractivity (Wildman–Crippen MR) is 164 cm³/mol. The number of halogens is 1. The SMILES string of the molecule is COc1ccc(Cl)cc1N(CC(=O)N/N=C\c1cc(C)n(-c2cc(C)cc(C)c2)c1C)S(=O)(=O)c1ccc(C)cc1. The summed E-state index contributed by atoms with van der Waals surface area (Å²) in [5.74, 6) is -0.387. The van der Waals surface area contributed by atoms with Gasteiger partial charge in [-0.2, -0.15) is 5.10 Å². The Morgan fingerprint density at radius 2 is 1.61 bits per heavy atom. The molecule has 1 aromatic heterocycles. The van der Waals surface area contributed by atoms with Crippen LogP contribution in [0.5, 0.6) is 5.75 Å². The summed E-state index contributed by atoms with van der Waals surface area (Å²) in [7, 11) is -2.74. The van der Waals surface area contributed by atoms with E-state index in [9.17, 15) is 13.2 Å². The molecule has 0 unspecified atom stereocenters. The molecular weight excluding hydrogens is 560 g/mol. The molecule has 0 saturated carbocycles. The number of methoxy groups -OCH3 is 1. The van der Waals surface area contributed by atoms with E-state index in [0.29, 0.717) is 5.02 Å². The average Bonchev–Trinajstić information content (AvgIpc) is 3.19. The molecule has 0 aliphatic carbocycles. The fourth-order valence-electron chi connectivity index (χ4n) is 4.73. The van der Waals surface area contributed by atoms with E-state index in [-0.39, 0.29) is 16.3 Å². The second-order valence-electron chi connectivity index (χ2n) is 9.94. The zero-order chi connectivity index (χ0) is 29.9. The number of nitrogens with zero attached hydrogens (tertiary/aromatic N) is 3. The lowest BCUT2D eigenvalue weighted by Gasteiger charge is -2.25. The van der Waals surface area contributed by atoms with Crippen LogP contribution in [0.2, 0.25) is 5.02 Å². The minimum Gasteiger partial charge on any atom is -0.495 e. The number of anilines is 1. The van der Waals surface area contributed by atoms with Gasteiger partial charge in [0, 0.05) is 27.7 Å². The quantitative estimate of drug-likeness (QED) is 0.190. The van der Waals surface area contributed by atoms with Crippen molar-refractivity contribution >= 4 is 39.4 Å². The molecule has 214 valence electrons. The number of hydrazone groups is 1. The van der Waals surface area contributed by atoms with Crippen LogP contribution >= 0.6 is 11.6 Å². The van der Waals surface area contributed by atoms with Crippen molar-refractivity contribution in [3.8, 4) is 11.4 Å². The number of benzene rings is 3. The first-order valence-corrected chi connectivity index (χ1v) is 14.7. The molecule has 0 aliphatic heterocycles. The molecule has 3 aromatic carbocycles. The summed E-state index contributed by atoms with van der Waals surface area (Å²) < 4.78 is 36.0. The smallest absolute Gasteiger partial charge is 0.264 e. The van der Waals surface area contributed by atoms with Crippen molar-refractivity contribution in [1.29, 1.82) is 0 Å². The molecule has 10 heteroatoms. The lowest BCUT2D eigenvalue weighted by molar-refractivity contribution is -0.119. The number of amides is 1. The molecule has 4 aromatic rings. The third-order valence-electron chi connectivity index (χ3n) is 6.63. The van der Waals surface area contributed by atoms with Crippen LogP contribution in [0.4, 0.5) is 5.69 Å². The van der Waals surface area contributed by atoms with Crippen molar-refractivity contribution in [1.82, 2.24) is 9.99 Å². The summed E-state index contributed by atoms with van der Waals surface area (Å²) >= 11 is 6.21. The number of hydrogen-bond acceptors (Lipinski definition) is 5. The normalized spacial score (nSPS) is 11.6. The second kappa shape index (κ2) is 12.2. The highest BCUT2D eigenvalue weighted by molar-refractivity contribution is 7.92. The highest BCUT2D eigenvalue weighted by Crippen LogP contribution is 2.35. The van der Waals surface area contributed by atoms with Crippen LogP contribution in [-0.4, -0.2) is 38.8 Å². The first-order valence-electron chi connectivity index (χ1n) is 12.9. The molecule has 1 N–H and O–H groups in total. The van der Waals surface area contributed by atoms with Gasteiger partial charge in [0.15, 0.2) is 0 Å². The monoisotopic (exact) mass is 592 g/mol. The van der Waals surface area contributed by atoms with Crippen molar-refractivity contribution in [3.05, 3.63) is 105 Å². The molecule has 0 fully saturated rings. The third kappa shape index (κ3) is 6.64. The van der Waals surface area contributed by atoms with Gasteiger partial charge in [0.1, 0.15) is 12.3 Å². The van der Waals surface area contributed by atoms with E-state index in [1.807, 2.05) is 26.8 Å². The van der Waals surface area contributed by atoms with Gasteiger partial charge in [0.05, 0.1) is 23.9 Å². The maximum Gasteiger partial charge on any atom is 0.264 e. The maximum atomic E-state index is 13.7. The van der Waals surface area contributed by atoms with Crippen molar-refractivity contribution in [2.24, 2.45) is 5.10 Å². The van der Waals surface area contributed by atoms with Crippen LogP contribution in [0, 0.1) is 34.6 Å². The average molecular weight is 593 g/mol. The number of carbonyl (C=O) groups is 1. The maximum absolute atomic E-state index is 13.7. The molecule has 8 nitrogen and oxygen atoms in total. The largest absolute Gasteiger partial charge is 0.495 e. The Kier molecular flexibility index (Phi) is 8.89. The van der Waals surface area contributed by atoms with Crippen LogP contribution in [0.3, 0.4) is 0 Å². The summed E-state index contributed by atoms with van der Waals surface area (Å²) in [5.41, 5.74) is 9.68. The fourth-order valence-corrected chi connectivity index (χ4v) is 6.32. The Labute approximate surface area is 246 Å². The minimum absolute atomic E-state index is 0.0280. The van der Waals surface area contributed by atoms with E-state index < -0.39 is 22.5 Å². The zero-order valence-corrected chi connectivity index (χ0v) is 25.5. The molecule has 0 aliphatic rings. The highest BCUT2D eigenvalue weighted by Gasteiger charge is 2.29. The third-order valence-corrected chi connectivity index (χ3v) is 8.64. The van der Waals surface area contributed by atoms with Crippen LogP contribution in [-0.2, 0) is 14.8 Å². The Balaban J connectivity index is 1.61. The van der Waals surface area contributed by atoms with Gasteiger partial charge in [-0.15, -0.1) is 0 Å². The van der Waals surface area contributed by atoms with Crippen molar-refractivity contribution in [2.45, 2.75) is 39.5 Å². The van der Waals surface area contributed by atoms with E-state index in [2.05, 4.69) is 47.1 Å². The lowest BCUT2D eigenvalue weighted by Crippen LogP contribution is -2.39. The lowest BCUT2D eigenvalue weighted by atomic mass is 10.1. The summed E-state index contributed by atoms with van der Waals surface area (Å²) in [4.78, 5) is 13.1. The number of aryl methyl sites for hydroxylation is 4. The molecule has 4 rings (SSSR count). The van der Waals surface area contributed by atoms with Crippen molar-refractivity contribution < 1.29 is 17.9 Å². The molecule has 1 heterocycles. The number of rotatable bonds is 9. The molecule has 1 amide bonds. The van der Waals surface area contributed by atoms with Gasteiger partial charge in [0.25, 0.3) is 15.9 Å². The fraction of sp³-hybridized carbons (Fsp3) is 0.226. The summed E-state index contributed by atoms with van der Waals surface area (Å²) in [5, 5.41) is 4.44. The van der Waals surface area contributed by atoms with E-state index >= 15 is 0 Å². The van der Waals surface area contributed by atoms with Gasteiger partial charge < -0.3 is 9.30 Å². The van der Waals surface area contributed by atoms with Crippen LogP contribution in [0.15, 0.2) is 76.7 Å². The zero-order valence-electron chi connectivity index (χ0n) is 23.9. The van der Waals surface area contributed by atoms with Gasteiger partial charge >= 0.3 is 0 Å². The van der Waals surface area contributed by atoms with Crippen LogP contribution in [0.1, 0.15) is 33.6 Å². The molecule has 0 radical (unpaired) electrons. The van der Waals surface area contributed by atoms with Gasteiger partial charge in [-0.05, 0) is 94.3 Å². The number of nitrogens with one attached hydrogen (secondary N) is 1. The highest BCUT2D eigenvalue weighted by atomic mass is 35.5. The van der Waals surface area contributed by atoms with E-state index in [4.69, 9.17) is 16.3 Å². The Bertz CT molecular complexity index is 1710. The van der Waals surface area contributed by atoms with E-state index in [1.54, 1.807) is 30.5 Å². The molecular formula is C31H33ClN4O4S. The molecule has 0 saturated heterocycles. The number of sulfonamides is 1. The number of aromatic nitrogens is 1. The van der Waals surface area contributed by atoms with Gasteiger partial charge in [-0.3, -0.25) is 9.10 Å². The van der Waals surface area contributed by atoms with Crippen molar-refractivity contribution in [2.75, 3.05) is 18.0 Å². The first-order chi connectivity index (χ1) is 19.4. The topological polar surface area (TPSA) is 93.0 Å². The van der Waals surface area contributed by atoms with E-state index in [1.165, 1.54) is 25.3 Å². The molecule has 0 spiro atoms. The van der Waals surface area contributed by atoms with Gasteiger partial charge in [-0.25, -0.2) is 13.8 Å². The summed E-state index contributed by atoms with van der Waals surface area (Å²) in [6.07, 6.45) is 1.55. The Morgan fingerprint density at radius 3 is 2.24 bits per heavy atom. The van der Waals surface area contributed by atoms with Gasteiger partial charge in [-0.1, -0.05) is 35.4 Å². The number of carbonyl (C=O) groups excluding carboxylic acids is 1. The molecule has 41 heavy (non-hydrogen) atoms. The van der Waals surface area contributed by atoms with Gasteiger partial charge in [0.2, 0.25) is 0 Å².